The maximum atomic E-state index is 12.5. The molecule has 0 amide bonds. The van der Waals surface area contributed by atoms with Gasteiger partial charge in [0.25, 0.3) is 0 Å². The second kappa shape index (κ2) is 5.53. The Balaban J connectivity index is 2.08. The number of rotatable bonds is 4. The van der Waals surface area contributed by atoms with Crippen LogP contribution >= 0.6 is 11.6 Å². The highest BCUT2D eigenvalue weighted by molar-refractivity contribution is 6.73. The highest BCUT2D eigenvalue weighted by atomic mass is 35.5. The summed E-state index contributed by atoms with van der Waals surface area (Å²) in [4.78, 5) is 3.53. The van der Waals surface area contributed by atoms with Crippen LogP contribution in [0.4, 0.5) is 12.9 Å². The second-order valence-electron chi connectivity index (χ2n) is 3.95. The van der Waals surface area contributed by atoms with Gasteiger partial charge in [-0.15, -0.1) is 0 Å². The smallest absolute Gasteiger partial charge is 0.487 e. The lowest BCUT2D eigenvalue weighted by molar-refractivity contribution is 0.305. The average Bonchev–Trinajstić information content (AvgIpc) is 2.36. The Labute approximate surface area is 113 Å². The number of pyridine rings is 1. The van der Waals surface area contributed by atoms with Crippen LogP contribution < -0.4 is 10.2 Å². The van der Waals surface area contributed by atoms with E-state index in [2.05, 4.69) is 4.98 Å². The van der Waals surface area contributed by atoms with Crippen LogP contribution in [0.2, 0.25) is 5.02 Å². The summed E-state index contributed by atoms with van der Waals surface area (Å²) < 4.78 is 42.9. The molecule has 1 heterocycles. The molecule has 2 rings (SSSR count). The minimum absolute atomic E-state index is 0.0803. The quantitative estimate of drug-likeness (QED) is 0.804. The van der Waals surface area contributed by atoms with Gasteiger partial charge in [0.1, 0.15) is 12.4 Å². The van der Waals surface area contributed by atoms with E-state index in [1.54, 1.807) is 24.3 Å². The zero-order valence-electron chi connectivity index (χ0n) is 9.69. The molecule has 0 aliphatic carbocycles. The van der Waals surface area contributed by atoms with Crippen LogP contribution in [-0.2, 0) is 6.61 Å². The molecule has 2 aromatic rings. The lowest BCUT2D eigenvalue weighted by Crippen LogP contribution is -2.34. The summed E-state index contributed by atoms with van der Waals surface area (Å²) in [6.45, 7) is -4.93. The Morgan fingerprint density at radius 2 is 1.95 bits per heavy atom. The fourth-order valence-electron chi connectivity index (χ4n) is 1.49. The van der Waals surface area contributed by atoms with Gasteiger partial charge in [-0.05, 0) is 23.8 Å². The first-order valence-corrected chi connectivity index (χ1v) is 5.85. The summed E-state index contributed by atoms with van der Waals surface area (Å²) in [6, 6.07) is 7.86. The number of halogens is 4. The van der Waals surface area contributed by atoms with E-state index >= 15 is 0 Å². The van der Waals surface area contributed by atoms with Gasteiger partial charge in [0, 0.05) is 11.2 Å². The van der Waals surface area contributed by atoms with E-state index in [0.29, 0.717) is 5.02 Å². The van der Waals surface area contributed by atoms with Gasteiger partial charge >= 0.3 is 6.98 Å². The number of nitrogens with zero attached hydrogens (tertiary/aromatic N) is 1. The summed E-state index contributed by atoms with van der Waals surface area (Å²) in [6.07, 6.45) is 2.03. The topological polar surface area (TPSA) is 22.1 Å². The lowest BCUT2D eigenvalue weighted by atomic mass is 9.81. The van der Waals surface area contributed by atoms with Crippen molar-refractivity contribution in [3.05, 3.63) is 53.3 Å². The molecule has 0 fully saturated rings. The van der Waals surface area contributed by atoms with E-state index in [1.165, 1.54) is 6.20 Å². The Morgan fingerprint density at radius 3 is 2.63 bits per heavy atom. The first-order valence-electron chi connectivity index (χ1n) is 5.47. The maximum absolute atomic E-state index is 12.5. The zero-order chi connectivity index (χ0) is 13.9. The van der Waals surface area contributed by atoms with Crippen molar-refractivity contribution in [3.63, 3.8) is 0 Å². The zero-order valence-corrected chi connectivity index (χ0v) is 10.4. The van der Waals surface area contributed by atoms with Crippen LogP contribution in [0.1, 0.15) is 5.56 Å². The molecule has 0 unspecified atom stereocenters. The fourth-order valence-corrected chi connectivity index (χ4v) is 1.70. The number of benzene rings is 1. The third-order valence-electron chi connectivity index (χ3n) is 2.41. The minimum Gasteiger partial charge on any atom is -0.487 e. The summed E-state index contributed by atoms with van der Waals surface area (Å²) in [7, 11) is 0. The first-order chi connectivity index (χ1) is 8.95. The van der Waals surface area contributed by atoms with E-state index in [4.69, 9.17) is 16.3 Å². The first kappa shape index (κ1) is 13.7. The molecule has 7 heteroatoms. The second-order valence-corrected chi connectivity index (χ2v) is 4.38. The van der Waals surface area contributed by atoms with E-state index in [1.807, 2.05) is 0 Å². The van der Waals surface area contributed by atoms with Crippen molar-refractivity contribution in [1.82, 2.24) is 4.98 Å². The standard InChI is InChI=1S/C12H9BClF3NO/c14-11-3-1-2-9(4-11)8-19-12-5-10(6-18-7-12)13(15,16)17/h1-7H,8H2/q-1. The van der Waals surface area contributed by atoms with E-state index < -0.39 is 12.4 Å². The van der Waals surface area contributed by atoms with Crippen LogP contribution in [0.25, 0.3) is 0 Å². The summed E-state index contributed by atoms with van der Waals surface area (Å²) >= 11 is 5.80. The normalized spacial score (nSPS) is 11.4. The van der Waals surface area contributed by atoms with Crippen LogP contribution in [0.15, 0.2) is 42.7 Å². The van der Waals surface area contributed by atoms with Crippen molar-refractivity contribution >= 4 is 24.0 Å². The average molecular weight is 286 g/mol. The highest BCUT2D eigenvalue weighted by Crippen LogP contribution is 2.16. The van der Waals surface area contributed by atoms with Crippen LogP contribution in [0.3, 0.4) is 0 Å². The SMILES string of the molecule is F[B-](F)(F)c1cncc(OCc2cccc(Cl)c2)c1. The predicted octanol–water partition coefficient (Wildman–Crippen LogP) is 3.37. The van der Waals surface area contributed by atoms with Crippen LogP contribution in [-0.4, -0.2) is 12.0 Å². The molecule has 0 spiro atoms. The molecule has 0 N–H and O–H groups in total. The van der Waals surface area contributed by atoms with Crippen molar-refractivity contribution in [1.29, 1.82) is 0 Å². The molecule has 0 aliphatic rings. The summed E-state index contributed by atoms with van der Waals surface area (Å²) in [5.41, 5.74) is -0.000911. The molecule has 0 bridgehead atoms. The van der Waals surface area contributed by atoms with Crippen molar-refractivity contribution in [2.24, 2.45) is 0 Å². The molecule has 0 saturated carbocycles. The largest absolute Gasteiger partial charge is 0.511 e. The third-order valence-corrected chi connectivity index (χ3v) is 2.64. The fraction of sp³-hybridized carbons (Fsp3) is 0.0833. The maximum Gasteiger partial charge on any atom is 0.511 e. The van der Waals surface area contributed by atoms with E-state index in [0.717, 1.165) is 17.8 Å². The van der Waals surface area contributed by atoms with Gasteiger partial charge in [-0.2, -0.15) is 0 Å². The molecule has 19 heavy (non-hydrogen) atoms. The van der Waals surface area contributed by atoms with Crippen LogP contribution in [0.5, 0.6) is 5.75 Å². The van der Waals surface area contributed by atoms with Crippen molar-refractivity contribution in [3.8, 4) is 5.75 Å². The molecule has 0 aliphatic heterocycles. The molecule has 1 aromatic carbocycles. The van der Waals surface area contributed by atoms with Gasteiger partial charge in [0.2, 0.25) is 0 Å². The Morgan fingerprint density at radius 1 is 1.16 bits per heavy atom. The molecule has 0 saturated heterocycles. The molecular weight excluding hydrogens is 277 g/mol. The van der Waals surface area contributed by atoms with Gasteiger partial charge in [-0.3, -0.25) is 4.98 Å². The molecule has 1 aromatic heterocycles. The monoisotopic (exact) mass is 286 g/mol. The van der Waals surface area contributed by atoms with E-state index in [-0.39, 0.29) is 12.4 Å². The number of hydrogen-bond donors (Lipinski definition) is 0. The Hall–Kier alpha value is -1.69. The third kappa shape index (κ3) is 3.89. The Kier molecular flexibility index (Phi) is 4.00. The minimum atomic E-state index is -5.07. The highest BCUT2D eigenvalue weighted by Gasteiger charge is 2.26. The summed E-state index contributed by atoms with van der Waals surface area (Å²) in [5, 5.41) is 0.548. The number of aromatic nitrogens is 1. The molecule has 0 atom stereocenters. The predicted molar refractivity (Wildman–Crippen MR) is 68.7 cm³/mol. The summed E-state index contributed by atoms with van der Waals surface area (Å²) in [5.74, 6) is 0.0803. The molecule has 100 valence electrons. The molecule has 0 radical (unpaired) electrons. The van der Waals surface area contributed by atoms with Crippen LogP contribution in [0, 0.1) is 0 Å². The number of hydrogen-bond acceptors (Lipinski definition) is 2. The molecule has 2 nitrogen and oxygen atoms in total. The van der Waals surface area contributed by atoms with Gasteiger partial charge < -0.3 is 17.7 Å². The van der Waals surface area contributed by atoms with Crippen molar-refractivity contribution in [2.45, 2.75) is 6.61 Å². The van der Waals surface area contributed by atoms with Crippen molar-refractivity contribution < 1.29 is 17.7 Å². The van der Waals surface area contributed by atoms with Gasteiger partial charge in [-0.25, -0.2) is 0 Å². The van der Waals surface area contributed by atoms with Gasteiger partial charge in [0.05, 0.1) is 6.20 Å². The van der Waals surface area contributed by atoms with Gasteiger partial charge in [0.15, 0.2) is 0 Å². The van der Waals surface area contributed by atoms with Gasteiger partial charge in [-0.1, -0.05) is 29.2 Å². The lowest BCUT2D eigenvalue weighted by Gasteiger charge is -2.15. The van der Waals surface area contributed by atoms with Crippen molar-refractivity contribution in [2.75, 3.05) is 0 Å². The number of ether oxygens (including phenoxy) is 1. The van der Waals surface area contributed by atoms with E-state index in [9.17, 15) is 12.9 Å². The Bertz CT molecular complexity index is 577. The molecular formula is C12H9BClF3NO-.